The zero-order chi connectivity index (χ0) is 34.6. The van der Waals surface area contributed by atoms with E-state index in [0.29, 0.717) is 52.7 Å². The summed E-state index contributed by atoms with van der Waals surface area (Å²) >= 11 is 0. The summed E-state index contributed by atoms with van der Waals surface area (Å²) in [6, 6.07) is 21.7. The lowest BCUT2D eigenvalue weighted by molar-refractivity contribution is -0.122. The van der Waals surface area contributed by atoms with Gasteiger partial charge in [-0.2, -0.15) is 0 Å². The number of benzene rings is 3. The Labute approximate surface area is 290 Å². The van der Waals surface area contributed by atoms with E-state index in [0.717, 1.165) is 36.8 Å². The molecule has 2 fully saturated rings. The Kier molecular flexibility index (Phi) is 9.55. The molecular formula is C39H39FN6O4. The lowest BCUT2D eigenvalue weighted by atomic mass is 9.84. The highest BCUT2D eigenvalue weighted by Gasteiger charge is 2.30. The summed E-state index contributed by atoms with van der Waals surface area (Å²) < 4.78 is 27.2. The van der Waals surface area contributed by atoms with E-state index in [9.17, 15) is 9.59 Å². The molecule has 2 N–H and O–H groups in total. The van der Waals surface area contributed by atoms with Gasteiger partial charge < -0.3 is 25.0 Å². The minimum Gasteiger partial charge on any atom is -0.445 e. The zero-order valence-corrected chi connectivity index (χ0v) is 28.1. The molecule has 0 radical (unpaired) electrons. The first-order valence-corrected chi connectivity index (χ1v) is 17.0. The van der Waals surface area contributed by atoms with Gasteiger partial charge in [0.25, 0.3) is 0 Å². The minimum absolute atomic E-state index is 0.0828. The van der Waals surface area contributed by atoms with Crippen molar-refractivity contribution in [1.29, 1.82) is 0 Å². The second kappa shape index (κ2) is 14.5. The molecule has 1 saturated carbocycles. The molecular weight excluding hydrogens is 635 g/mol. The van der Waals surface area contributed by atoms with Crippen LogP contribution in [0.1, 0.15) is 43.7 Å². The third kappa shape index (κ3) is 7.22. The lowest BCUT2D eigenvalue weighted by Crippen LogP contribution is -2.48. The molecule has 1 saturated heterocycles. The van der Waals surface area contributed by atoms with Gasteiger partial charge in [-0.15, -0.1) is 0 Å². The Morgan fingerprint density at radius 3 is 2.56 bits per heavy atom. The van der Waals surface area contributed by atoms with Crippen molar-refractivity contribution in [3.8, 4) is 22.9 Å². The molecule has 10 nitrogen and oxygen atoms in total. The fourth-order valence-corrected chi connectivity index (χ4v) is 6.56. The molecule has 7 rings (SSSR count). The van der Waals surface area contributed by atoms with Crippen molar-refractivity contribution >= 4 is 34.4 Å². The number of anilines is 2. The molecule has 3 aromatic carbocycles. The van der Waals surface area contributed by atoms with Crippen molar-refractivity contribution < 1.29 is 23.5 Å². The van der Waals surface area contributed by atoms with Gasteiger partial charge in [0, 0.05) is 48.2 Å². The Balaban J connectivity index is 1.09. The van der Waals surface area contributed by atoms with Gasteiger partial charge in [-0.05, 0) is 73.6 Å². The molecule has 3 heterocycles. The number of carbonyl (C=O) groups is 2. The van der Waals surface area contributed by atoms with Crippen molar-refractivity contribution in [2.24, 2.45) is 11.8 Å². The van der Waals surface area contributed by atoms with Crippen LogP contribution in [0.15, 0.2) is 85.2 Å². The SMILES string of the molecule is Cc1ccc2c(NC(=O)C3CCC3)c(F)ccc2c1Oc1ncccc1-c1ccnc(N[C@H]2C[C@@H](C)CN(C(=O)OCc3ccccc3)C2)n1. The number of nitrogens with zero attached hydrogens (tertiary/aromatic N) is 4. The molecule has 2 aliphatic rings. The highest BCUT2D eigenvalue weighted by molar-refractivity contribution is 6.05. The molecule has 0 unspecified atom stereocenters. The highest BCUT2D eigenvalue weighted by Crippen LogP contribution is 2.40. The predicted molar refractivity (Wildman–Crippen MR) is 189 cm³/mol. The highest BCUT2D eigenvalue weighted by atomic mass is 19.1. The van der Waals surface area contributed by atoms with E-state index >= 15 is 4.39 Å². The van der Waals surface area contributed by atoms with Gasteiger partial charge in [-0.25, -0.2) is 24.1 Å². The lowest BCUT2D eigenvalue weighted by Gasteiger charge is -2.36. The van der Waals surface area contributed by atoms with Crippen LogP contribution < -0.4 is 15.4 Å². The number of hydrogen-bond donors (Lipinski definition) is 2. The van der Waals surface area contributed by atoms with E-state index < -0.39 is 5.82 Å². The van der Waals surface area contributed by atoms with E-state index in [2.05, 4.69) is 27.5 Å². The molecule has 1 aliphatic heterocycles. The van der Waals surface area contributed by atoms with Crippen LogP contribution in [0, 0.1) is 24.6 Å². The minimum atomic E-state index is -0.501. The first-order chi connectivity index (χ1) is 24.3. The van der Waals surface area contributed by atoms with Gasteiger partial charge in [0.2, 0.25) is 17.7 Å². The van der Waals surface area contributed by atoms with E-state index in [1.807, 2.05) is 49.4 Å². The average molecular weight is 675 g/mol. The number of aryl methyl sites for hydroxylation is 1. The number of pyridine rings is 1. The monoisotopic (exact) mass is 674 g/mol. The van der Waals surface area contributed by atoms with Crippen LogP contribution in [0.2, 0.25) is 0 Å². The van der Waals surface area contributed by atoms with E-state index in [-0.39, 0.29) is 42.2 Å². The van der Waals surface area contributed by atoms with Crippen LogP contribution in [0.25, 0.3) is 22.0 Å². The van der Waals surface area contributed by atoms with Crippen molar-refractivity contribution in [2.75, 3.05) is 23.7 Å². The number of likely N-dealkylation sites (tertiary alicyclic amines) is 1. The molecule has 0 bridgehead atoms. The number of carbonyl (C=O) groups excluding carboxylic acids is 2. The summed E-state index contributed by atoms with van der Waals surface area (Å²) in [5.74, 6) is 0.730. The summed E-state index contributed by atoms with van der Waals surface area (Å²) in [6.45, 7) is 5.30. The predicted octanol–water partition coefficient (Wildman–Crippen LogP) is 8.13. The number of nitrogens with one attached hydrogen (secondary N) is 2. The maximum Gasteiger partial charge on any atom is 0.410 e. The van der Waals surface area contributed by atoms with Gasteiger partial charge >= 0.3 is 6.09 Å². The van der Waals surface area contributed by atoms with Crippen molar-refractivity contribution in [3.05, 3.63) is 102 Å². The Morgan fingerprint density at radius 1 is 0.940 bits per heavy atom. The summed E-state index contributed by atoms with van der Waals surface area (Å²) in [5, 5.41) is 7.45. The summed E-state index contributed by atoms with van der Waals surface area (Å²) in [4.78, 5) is 41.3. The van der Waals surface area contributed by atoms with Crippen molar-refractivity contribution in [2.45, 2.75) is 52.2 Å². The van der Waals surface area contributed by atoms with Crippen molar-refractivity contribution in [1.82, 2.24) is 19.9 Å². The van der Waals surface area contributed by atoms with E-state index in [1.54, 1.807) is 41.6 Å². The topological polar surface area (TPSA) is 119 Å². The Hall–Kier alpha value is -5.58. The van der Waals surface area contributed by atoms with Crippen LogP contribution in [0.5, 0.6) is 11.6 Å². The van der Waals surface area contributed by atoms with Gasteiger partial charge in [0.05, 0.1) is 16.9 Å². The molecule has 50 heavy (non-hydrogen) atoms. The van der Waals surface area contributed by atoms with Crippen LogP contribution >= 0.6 is 0 Å². The number of aromatic nitrogens is 3. The second-order valence-electron chi connectivity index (χ2n) is 13.2. The molecule has 0 spiro atoms. The Morgan fingerprint density at radius 2 is 1.76 bits per heavy atom. The maximum atomic E-state index is 15.1. The normalized spacial score (nSPS) is 17.5. The number of piperidine rings is 1. The van der Waals surface area contributed by atoms with E-state index in [1.165, 1.54) is 6.07 Å². The smallest absolute Gasteiger partial charge is 0.410 e. The molecule has 2 atom stereocenters. The maximum absolute atomic E-state index is 15.1. The molecule has 11 heteroatoms. The fourth-order valence-electron chi connectivity index (χ4n) is 6.56. The largest absolute Gasteiger partial charge is 0.445 e. The van der Waals surface area contributed by atoms with Crippen LogP contribution in [-0.4, -0.2) is 51.0 Å². The van der Waals surface area contributed by atoms with Crippen LogP contribution in [0.4, 0.5) is 20.8 Å². The number of fused-ring (bicyclic) bond motifs is 1. The molecule has 2 amide bonds. The average Bonchev–Trinajstić information content (AvgIpc) is 3.09. The standard InChI is InChI=1S/C39H39FN6O4/c1-24-20-28(22-46(21-24)39(48)49-23-26-8-4-3-5-9-26)43-38-42-19-17-33(44-38)31-12-7-18-41-37(31)50-35-25(2)13-14-29-30(35)15-16-32(40)34(29)45-36(47)27-10-6-11-27/h3-5,7-9,12-19,24,27-28H,6,10-11,20-23H2,1-2H3,(H,45,47)(H,42,43,44)/t24-,28+/m1/s1. The first-order valence-electron chi connectivity index (χ1n) is 17.0. The van der Waals surface area contributed by atoms with Gasteiger partial charge in [-0.1, -0.05) is 55.8 Å². The van der Waals surface area contributed by atoms with E-state index in [4.69, 9.17) is 14.5 Å². The molecule has 256 valence electrons. The quantitative estimate of drug-likeness (QED) is 0.161. The first kappa shape index (κ1) is 32.9. The summed E-state index contributed by atoms with van der Waals surface area (Å²) in [5.41, 5.74) is 3.13. The van der Waals surface area contributed by atoms with Crippen LogP contribution in [-0.2, 0) is 16.1 Å². The third-order valence-electron chi connectivity index (χ3n) is 9.38. The number of ether oxygens (including phenoxy) is 2. The number of halogens is 1. The zero-order valence-electron chi connectivity index (χ0n) is 28.1. The summed E-state index contributed by atoms with van der Waals surface area (Å²) in [6.07, 6.45) is 6.43. The second-order valence-corrected chi connectivity index (χ2v) is 13.2. The summed E-state index contributed by atoms with van der Waals surface area (Å²) in [7, 11) is 0. The molecule has 1 aliphatic carbocycles. The fraction of sp³-hybridized carbons (Fsp3) is 0.308. The van der Waals surface area contributed by atoms with Gasteiger partial charge in [0.15, 0.2) is 0 Å². The number of rotatable bonds is 9. The number of hydrogen-bond acceptors (Lipinski definition) is 8. The van der Waals surface area contributed by atoms with Gasteiger partial charge in [-0.3, -0.25) is 4.79 Å². The van der Waals surface area contributed by atoms with Crippen LogP contribution in [0.3, 0.4) is 0 Å². The third-order valence-corrected chi connectivity index (χ3v) is 9.38. The van der Waals surface area contributed by atoms with Crippen molar-refractivity contribution in [3.63, 3.8) is 0 Å². The molecule has 5 aromatic rings. The molecule has 2 aromatic heterocycles. The Bertz CT molecular complexity index is 2020. The van der Waals surface area contributed by atoms with Gasteiger partial charge in [0.1, 0.15) is 18.2 Å². The number of amides is 2.